The number of aromatic nitrogens is 3. The number of carbonyl (C=O) groups excluding carboxylic acids is 2. The highest BCUT2D eigenvalue weighted by molar-refractivity contribution is 5.97. The average molecular weight is 457 g/mol. The number of ether oxygens (including phenoxy) is 1. The van der Waals surface area contributed by atoms with Crippen LogP contribution in [0.2, 0.25) is 0 Å². The lowest BCUT2D eigenvalue weighted by Crippen LogP contribution is -2.40. The molecule has 4 heterocycles. The third kappa shape index (κ3) is 3.50. The van der Waals surface area contributed by atoms with E-state index in [1.807, 2.05) is 0 Å². The summed E-state index contributed by atoms with van der Waals surface area (Å²) in [4.78, 5) is 40.1. The normalized spacial score (nSPS) is 25.3. The third-order valence-electron chi connectivity index (χ3n) is 6.87. The Morgan fingerprint density at radius 3 is 2.79 bits per heavy atom. The topological polar surface area (TPSA) is 118 Å². The van der Waals surface area contributed by atoms with Crippen molar-refractivity contribution in [3.8, 4) is 5.88 Å². The van der Waals surface area contributed by atoms with Gasteiger partial charge in [-0.2, -0.15) is 9.61 Å². The minimum Gasteiger partial charge on any atom is -0.494 e. The molecule has 4 aliphatic rings. The summed E-state index contributed by atoms with van der Waals surface area (Å²) in [5.74, 6) is -1.48. The van der Waals surface area contributed by atoms with E-state index < -0.39 is 28.6 Å². The maximum Gasteiger partial charge on any atom is 0.291 e. The van der Waals surface area contributed by atoms with E-state index in [0.29, 0.717) is 31.6 Å². The molecule has 2 saturated carbocycles. The molecule has 2 aliphatic carbocycles. The molecule has 2 atom stereocenters. The first-order valence-corrected chi connectivity index (χ1v) is 11.3. The molecule has 2 aromatic rings. The number of nitrogens with one attached hydrogen (secondary N) is 1. The molecule has 11 heteroatoms. The summed E-state index contributed by atoms with van der Waals surface area (Å²) in [6.07, 6.45) is 7.44. The van der Waals surface area contributed by atoms with E-state index in [-0.39, 0.29) is 36.3 Å². The molecule has 4 fully saturated rings. The monoisotopic (exact) mass is 457 g/mol. The Labute approximate surface area is 187 Å². The van der Waals surface area contributed by atoms with Gasteiger partial charge < -0.3 is 20.1 Å². The van der Waals surface area contributed by atoms with Gasteiger partial charge in [0.2, 0.25) is 11.8 Å². The molecule has 2 saturated heterocycles. The minimum atomic E-state index is -1.52. The summed E-state index contributed by atoms with van der Waals surface area (Å²) in [6.45, 7) is 0.844. The van der Waals surface area contributed by atoms with E-state index in [2.05, 4.69) is 10.4 Å². The van der Waals surface area contributed by atoms with Gasteiger partial charge in [0.15, 0.2) is 5.56 Å². The fraction of sp³-hybridized carbons (Fsp3) is 0.545. The molecular formula is C22H24FN5O5. The molecule has 174 valence electrons. The molecule has 0 unspecified atom stereocenters. The number of hydrogen-bond donors (Lipinski definition) is 2. The molecule has 10 nitrogen and oxygen atoms in total. The van der Waals surface area contributed by atoms with Gasteiger partial charge in [0.05, 0.1) is 31.5 Å². The molecule has 2 bridgehead atoms. The van der Waals surface area contributed by atoms with E-state index in [4.69, 9.17) is 4.74 Å². The van der Waals surface area contributed by atoms with Crippen molar-refractivity contribution in [1.82, 2.24) is 24.4 Å². The second kappa shape index (κ2) is 7.14. The Hall–Kier alpha value is -3.21. The predicted octanol–water partition coefficient (Wildman–Crippen LogP) is 0.609. The Bertz CT molecular complexity index is 1260. The predicted molar refractivity (Wildman–Crippen MR) is 114 cm³/mol. The van der Waals surface area contributed by atoms with Gasteiger partial charge in [0.1, 0.15) is 11.3 Å². The van der Waals surface area contributed by atoms with Gasteiger partial charge in [-0.25, -0.2) is 4.39 Å². The summed E-state index contributed by atoms with van der Waals surface area (Å²) < 4.78 is 22.5. The number of amides is 2. The van der Waals surface area contributed by atoms with Crippen LogP contribution in [0.3, 0.4) is 0 Å². The van der Waals surface area contributed by atoms with Crippen molar-refractivity contribution in [1.29, 1.82) is 0 Å². The summed E-state index contributed by atoms with van der Waals surface area (Å²) in [7, 11) is 0. The number of rotatable bonds is 6. The zero-order chi connectivity index (χ0) is 22.9. The van der Waals surface area contributed by atoms with Crippen molar-refractivity contribution in [2.45, 2.75) is 62.5 Å². The molecule has 2 aromatic heterocycles. The first-order chi connectivity index (χ1) is 15.8. The number of likely N-dealkylation sites (tertiary alicyclic amines) is 1. The molecule has 2 amide bonds. The molecule has 2 N–H and O–H groups in total. The SMILES string of the molecule is O=C(NC1CC1)c1c(O)n(CC2(F)CC2)c2c(/C=C/C(=O)N3C[C@H]4C[C@@H]3CO4)cnn2c1=O. The van der Waals surface area contributed by atoms with Crippen LogP contribution in [0.4, 0.5) is 4.39 Å². The maximum absolute atomic E-state index is 14.8. The Morgan fingerprint density at radius 1 is 1.36 bits per heavy atom. The lowest BCUT2D eigenvalue weighted by atomic mass is 10.2. The van der Waals surface area contributed by atoms with Crippen molar-refractivity contribution in [2.24, 2.45) is 0 Å². The van der Waals surface area contributed by atoms with Crippen molar-refractivity contribution in [3.05, 3.63) is 33.8 Å². The quantitative estimate of drug-likeness (QED) is 0.614. The lowest BCUT2D eigenvalue weighted by Gasteiger charge is -2.25. The van der Waals surface area contributed by atoms with Gasteiger partial charge in [0.25, 0.3) is 11.5 Å². The van der Waals surface area contributed by atoms with Crippen molar-refractivity contribution < 1.29 is 23.8 Å². The number of aromatic hydroxyl groups is 1. The van der Waals surface area contributed by atoms with E-state index in [0.717, 1.165) is 23.8 Å². The standard InChI is InChI=1S/C22H24FN5O5/c23-22(5-6-22)11-27-19-12(1-4-16(29)26-9-15-7-14(26)10-33-15)8-24-28(19)21(32)17(20(27)31)18(30)25-13-2-3-13/h1,4,8,13-15,31H,2-3,5-7,9-11H2,(H,25,30)/b4-1+/t14-,15-/m1/s1. The number of alkyl halides is 1. The minimum absolute atomic E-state index is 0.0234. The summed E-state index contributed by atoms with van der Waals surface area (Å²) in [5.41, 5.74) is -2.26. The summed E-state index contributed by atoms with van der Waals surface area (Å²) in [6, 6.07) is 0.0388. The van der Waals surface area contributed by atoms with Crippen LogP contribution in [0, 0.1) is 0 Å². The van der Waals surface area contributed by atoms with Gasteiger partial charge in [-0.05, 0) is 38.2 Å². The van der Waals surface area contributed by atoms with Crippen LogP contribution < -0.4 is 10.9 Å². The second-order valence-corrected chi connectivity index (χ2v) is 9.49. The molecular weight excluding hydrogens is 433 g/mol. The van der Waals surface area contributed by atoms with Gasteiger partial charge in [-0.1, -0.05) is 0 Å². The molecule has 0 aromatic carbocycles. The van der Waals surface area contributed by atoms with Crippen molar-refractivity contribution >= 4 is 23.5 Å². The van der Waals surface area contributed by atoms with Crippen LogP contribution in [0.15, 0.2) is 17.1 Å². The Kier molecular flexibility index (Phi) is 4.42. The van der Waals surface area contributed by atoms with E-state index in [1.165, 1.54) is 22.9 Å². The highest BCUT2D eigenvalue weighted by Gasteiger charge is 2.45. The van der Waals surface area contributed by atoms with Crippen LogP contribution >= 0.6 is 0 Å². The van der Waals surface area contributed by atoms with Gasteiger partial charge >= 0.3 is 0 Å². The van der Waals surface area contributed by atoms with E-state index in [1.54, 1.807) is 4.90 Å². The van der Waals surface area contributed by atoms with Crippen LogP contribution in [-0.4, -0.2) is 73.0 Å². The van der Waals surface area contributed by atoms with Crippen molar-refractivity contribution in [3.63, 3.8) is 0 Å². The molecule has 6 rings (SSSR count). The molecule has 2 aliphatic heterocycles. The van der Waals surface area contributed by atoms with Gasteiger partial charge in [0, 0.05) is 24.2 Å². The number of fused-ring (bicyclic) bond motifs is 3. The first kappa shape index (κ1) is 20.4. The number of nitrogens with zero attached hydrogens (tertiary/aromatic N) is 4. The molecule has 0 radical (unpaired) electrons. The van der Waals surface area contributed by atoms with Crippen molar-refractivity contribution in [2.75, 3.05) is 13.2 Å². The average Bonchev–Trinajstić information content (AvgIpc) is 3.57. The van der Waals surface area contributed by atoms with E-state index in [9.17, 15) is 23.9 Å². The lowest BCUT2D eigenvalue weighted by molar-refractivity contribution is -0.130. The highest BCUT2D eigenvalue weighted by Crippen LogP contribution is 2.42. The van der Waals surface area contributed by atoms with Crippen LogP contribution in [0.5, 0.6) is 5.88 Å². The Balaban J connectivity index is 1.39. The number of hydrogen-bond acceptors (Lipinski definition) is 6. The fourth-order valence-electron chi connectivity index (χ4n) is 4.66. The Morgan fingerprint density at radius 2 is 2.15 bits per heavy atom. The highest BCUT2D eigenvalue weighted by atomic mass is 19.1. The smallest absolute Gasteiger partial charge is 0.291 e. The van der Waals surface area contributed by atoms with Crippen LogP contribution in [-0.2, 0) is 16.1 Å². The molecule has 0 spiro atoms. The first-order valence-electron chi connectivity index (χ1n) is 11.3. The fourth-order valence-corrected chi connectivity index (χ4v) is 4.66. The number of halogens is 1. The maximum atomic E-state index is 14.8. The number of carbonyl (C=O) groups is 2. The van der Waals surface area contributed by atoms with Crippen LogP contribution in [0.25, 0.3) is 11.7 Å². The third-order valence-corrected chi connectivity index (χ3v) is 6.87. The second-order valence-electron chi connectivity index (χ2n) is 9.49. The zero-order valence-corrected chi connectivity index (χ0v) is 17.9. The molecule has 33 heavy (non-hydrogen) atoms. The summed E-state index contributed by atoms with van der Waals surface area (Å²) >= 11 is 0. The van der Waals surface area contributed by atoms with Gasteiger partial charge in [-0.3, -0.25) is 19.0 Å². The van der Waals surface area contributed by atoms with Crippen LogP contribution in [0.1, 0.15) is 48.0 Å². The zero-order valence-electron chi connectivity index (χ0n) is 17.9. The largest absolute Gasteiger partial charge is 0.494 e. The summed E-state index contributed by atoms with van der Waals surface area (Å²) in [5, 5.41) is 17.7. The van der Waals surface area contributed by atoms with E-state index >= 15 is 0 Å². The van der Waals surface area contributed by atoms with Gasteiger partial charge in [-0.15, -0.1) is 0 Å². The number of morpholine rings is 1.